The Morgan fingerprint density at radius 1 is 1.11 bits per heavy atom. The first-order chi connectivity index (χ1) is 13.6. The van der Waals surface area contributed by atoms with Crippen LogP contribution >= 0.6 is 11.3 Å². The summed E-state index contributed by atoms with van der Waals surface area (Å²) in [7, 11) is 0. The van der Waals surface area contributed by atoms with Crippen LogP contribution in [-0.4, -0.2) is 20.7 Å². The summed E-state index contributed by atoms with van der Waals surface area (Å²) in [6.07, 6.45) is 0. The van der Waals surface area contributed by atoms with Crippen molar-refractivity contribution in [3.8, 4) is 11.3 Å². The van der Waals surface area contributed by atoms with Gasteiger partial charge in [0.05, 0.1) is 16.1 Å². The van der Waals surface area contributed by atoms with Gasteiger partial charge in [0.25, 0.3) is 11.5 Å². The van der Waals surface area contributed by atoms with Crippen molar-refractivity contribution in [1.29, 1.82) is 0 Å². The lowest BCUT2D eigenvalue weighted by Crippen LogP contribution is -2.27. The molecule has 0 atom stereocenters. The molecule has 0 fully saturated rings. The highest BCUT2D eigenvalue weighted by molar-refractivity contribution is 7.09. The maximum atomic E-state index is 12.9. The van der Waals surface area contributed by atoms with E-state index in [1.54, 1.807) is 35.6 Å². The van der Waals surface area contributed by atoms with Crippen molar-refractivity contribution in [2.24, 2.45) is 0 Å². The number of fused-ring (bicyclic) bond motifs is 1. The minimum absolute atomic E-state index is 0.197. The SMILES string of the molecule is CCn1nc(C(=O)Nc2ccc(-c3csc(C)n3)cc2)c2ccccc2c1=O. The average Bonchev–Trinajstić information content (AvgIpc) is 3.15. The van der Waals surface area contributed by atoms with Gasteiger partial charge in [0.15, 0.2) is 5.69 Å². The number of aromatic nitrogens is 3. The van der Waals surface area contributed by atoms with Crippen molar-refractivity contribution in [3.63, 3.8) is 0 Å². The zero-order valence-electron chi connectivity index (χ0n) is 15.5. The van der Waals surface area contributed by atoms with E-state index in [9.17, 15) is 9.59 Å². The number of amides is 1. The van der Waals surface area contributed by atoms with Gasteiger partial charge in [-0.2, -0.15) is 5.10 Å². The van der Waals surface area contributed by atoms with Crippen LogP contribution in [-0.2, 0) is 6.54 Å². The first-order valence-electron chi connectivity index (χ1n) is 8.90. The Kier molecular flexibility index (Phi) is 4.75. The third-order valence-electron chi connectivity index (χ3n) is 4.44. The largest absolute Gasteiger partial charge is 0.321 e. The Labute approximate surface area is 165 Å². The molecule has 0 spiro atoms. The Balaban J connectivity index is 1.65. The normalized spacial score (nSPS) is 10.9. The number of benzene rings is 2. The smallest absolute Gasteiger partial charge is 0.276 e. The molecule has 0 aliphatic heterocycles. The third kappa shape index (κ3) is 3.32. The molecule has 1 N–H and O–H groups in total. The first kappa shape index (κ1) is 18.1. The van der Waals surface area contributed by atoms with Gasteiger partial charge in [-0.15, -0.1) is 11.3 Å². The van der Waals surface area contributed by atoms with Gasteiger partial charge in [-0.1, -0.05) is 30.3 Å². The third-order valence-corrected chi connectivity index (χ3v) is 5.21. The van der Waals surface area contributed by atoms with E-state index in [0.29, 0.717) is 23.0 Å². The summed E-state index contributed by atoms with van der Waals surface area (Å²) >= 11 is 1.60. The zero-order valence-corrected chi connectivity index (χ0v) is 16.3. The van der Waals surface area contributed by atoms with Crippen LogP contribution in [0.3, 0.4) is 0 Å². The van der Waals surface area contributed by atoms with Crippen molar-refractivity contribution in [2.75, 3.05) is 5.32 Å². The Morgan fingerprint density at radius 3 is 2.46 bits per heavy atom. The van der Waals surface area contributed by atoms with Crippen LogP contribution in [0.2, 0.25) is 0 Å². The maximum Gasteiger partial charge on any atom is 0.276 e. The Hall–Kier alpha value is -3.32. The second kappa shape index (κ2) is 7.36. The van der Waals surface area contributed by atoms with Gasteiger partial charge in [0.1, 0.15) is 0 Å². The molecule has 4 aromatic rings. The average molecular weight is 390 g/mol. The van der Waals surface area contributed by atoms with Crippen LogP contribution in [0.1, 0.15) is 22.4 Å². The van der Waals surface area contributed by atoms with Gasteiger partial charge in [0, 0.05) is 28.6 Å². The lowest BCUT2D eigenvalue weighted by molar-refractivity contribution is 0.102. The first-order valence-corrected chi connectivity index (χ1v) is 9.78. The number of carbonyl (C=O) groups excluding carboxylic acids is 1. The molecule has 6 nitrogen and oxygen atoms in total. The van der Waals surface area contributed by atoms with E-state index in [2.05, 4.69) is 15.4 Å². The van der Waals surface area contributed by atoms with Crippen molar-refractivity contribution >= 4 is 33.7 Å². The minimum Gasteiger partial charge on any atom is -0.321 e. The van der Waals surface area contributed by atoms with Crippen molar-refractivity contribution in [3.05, 3.63) is 75.0 Å². The second-order valence-electron chi connectivity index (χ2n) is 6.30. The van der Waals surface area contributed by atoms with Gasteiger partial charge >= 0.3 is 0 Å². The molecule has 0 aliphatic rings. The highest BCUT2D eigenvalue weighted by Gasteiger charge is 2.16. The van der Waals surface area contributed by atoms with Gasteiger partial charge in [-0.25, -0.2) is 9.67 Å². The number of hydrogen-bond donors (Lipinski definition) is 1. The Morgan fingerprint density at radius 2 is 1.82 bits per heavy atom. The fourth-order valence-corrected chi connectivity index (χ4v) is 3.65. The van der Waals surface area contributed by atoms with Gasteiger partial charge in [0.2, 0.25) is 0 Å². The van der Waals surface area contributed by atoms with E-state index < -0.39 is 0 Å². The molecule has 7 heteroatoms. The lowest BCUT2D eigenvalue weighted by atomic mass is 10.1. The van der Waals surface area contributed by atoms with Gasteiger partial charge in [-0.05, 0) is 32.0 Å². The number of rotatable bonds is 4. The zero-order chi connectivity index (χ0) is 19.7. The predicted molar refractivity (Wildman–Crippen MR) is 112 cm³/mol. The molecule has 2 heterocycles. The highest BCUT2D eigenvalue weighted by Crippen LogP contribution is 2.23. The fraction of sp³-hybridized carbons (Fsp3) is 0.143. The number of nitrogens with one attached hydrogen (secondary N) is 1. The topological polar surface area (TPSA) is 76.9 Å². The summed E-state index contributed by atoms with van der Waals surface area (Å²) in [4.78, 5) is 29.8. The number of nitrogens with zero attached hydrogens (tertiary/aromatic N) is 3. The summed E-state index contributed by atoms with van der Waals surface area (Å²) in [6, 6.07) is 14.5. The molecular weight excluding hydrogens is 372 g/mol. The van der Waals surface area contributed by atoms with E-state index in [4.69, 9.17) is 0 Å². The molecule has 0 radical (unpaired) electrons. The van der Waals surface area contributed by atoms with E-state index >= 15 is 0 Å². The van der Waals surface area contributed by atoms with E-state index in [1.807, 2.05) is 43.5 Å². The van der Waals surface area contributed by atoms with Crippen molar-refractivity contribution < 1.29 is 4.79 Å². The molecule has 2 aromatic heterocycles. The summed E-state index contributed by atoms with van der Waals surface area (Å²) in [5, 5.41) is 11.2. The lowest BCUT2D eigenvalue weighted by Gasteiger charge is -2.10. The molecule has 28 heavy (non-hydrogen) atoms. The summed E-state index contributed by atoms with van der Waals surface area (Å²) in [5.74, 6) is -0.351. The molecule has 0 aliphatic carbocycles. The highest BCUT2D eigenvalue weighted by atomic mass is 32.1. The van der Waals surface area contributed by atoms with Crippen LogP contribution in [0, 0.1) is 6.92 Å². The number of hydrogen-bond acceptors (Lipinski definition) is 5. The van der Waals surface area contributed by atoms with Crippen LogP contribution in [0.4, 0.5) is 5.69 Å². The van der Waals surface area contributed by atoms with Gasteiger partial charge in [-0.3, -0.25) is 9.59 Å². The molecule has 0 bridgehead atoms. The molecule has 1 amide bonds. The quantitative estimate of drug-likeness (QED) is 0.569. The molecule has 2 aromatic carbocycles. The van der Waals surface area contributed by atoms with Crippen molar-refractivity contribution in [2.45, 2.75) is 20.4 Å². The van der Waals surface area contributed by atoms with Crippen molar-refractivity contribution in [1.82, 2.24) is 14.8 Å². The molecule has 0 unspecified atom stereocenters. The number of anilines is 1. The molecule has 0 saturated carbocycles. The number of thiazole rings is 1. The maximum absolute atomic E-state index is 12.9. The minimum atomic E-state index is -0.351. The molecular formula is C21H18N4O2S. The van der Waals surface area contributed by atoms with Crippen LogP contribution in [0.15, 0.2) is 58.7 Å². The number of aryl methyl sites for hydroxylation is 2. The molecule has 0 saturated heterocycles. The number of carbonyl (C=O) groups is 1. The summed E-state index contributed by atoms with van der Waals surface area (Å²) in [6.45, 7) is 4.19. The second-order valence-corrected chi connectivity index (χ2v) is 7.36. The van der Waals surface area contributed by atoms with E-state index in [1.165, 1.54) is 4.68 Å². The fourth-order valence-electron chi connectivity index (χ4n) is 3.03. The van der Waals surface area contributed by atoms with Crippen LogP contribution < -0.4 is 10.9 Å². The molecule has 4 rings (SSSR count). The summed E-state index contributed by atoms with van der Waals surface area (Å²) in [5.41, 5.74) is 2.60. The van der Waals surface area contributed by atoms with E-state index in [0.717, 1.165) is 16.3 Å². The summed E-state index contributed by atoms with van der Waals surface area (Å²) < 4.78 is 1.31. The predicted octanol–water partition coefficient (Wildman–Crippen LogP) is 4.10. The standard InChI is InChI=1S/C21H18N4O2S/c1-3-25-21(27)17-7-5-4-6-16(17)19(24-25)20(26)23-15-10-8-14(9-11-15)18-12-28-13(2)22-18/h4-12H,3H2,1-2H3,(H,23,26). The van der Waals surface area contributed by atoms with Gasteiger partial charge < -0.3 is 5.32 Å². The Bertz CT molecular complexity index is 1230. The van der Waals surface area contributed by atoms with E-state index in [-0.39, 0.29) is 17.2 Å². The monoisotopic (exact) mass is 390 g/mol. The molecule has 140 valence electrons. The van der Waals surface area contributed by atoms with Crippen LogP contribution in [0.5, 0.6) is 0 Å². The van der Waals surface area contributed by atoms with Crippen LogP contribution in [0.25, 0.3) is 22.0 Å².